The van der Waals surface area contributed by atoms with Gasteiger partial charge in [0.05, 0.1) is 33.9 Å². The second kappa shape index (κ2) is 12.9. The maximum Gasteiger partial charge on any atom is 0.320 e. The van der Waals surface area contributed by atoms with E-state index in [0.29, 0.717) is 50.0 Å². The summed E-state index contributed by atoms with van der Waals surface area (Å²) in [6, 6.07) is 8.35. The van der Waals surface area contributed by atoms with Crippen LogP contribution in [0, 0.1) is 0 Å². The van der Waals surface area contributed by atoms with Crippen molar-refractivity contribution in [2.75, 3.05) is 46.3 Å². The summed E-state index contributed by atoms with van der Waals surface area (Å²) < 4.78 is 17.7. The van der Waals surface area contributed by atoms with Crippen LogP contribution in [-0.4, -0.2) is 76.0 Å². The summed E-state index contributed by atoms with van der Waals surface area (Å²) in [6.07, 6.45) is 2.10. The van der Waals surface area contributed by atoms with Crippen LogP contribution in [0.1, 0.15) is 30.9 Å². The number of ether oxygens (including phenoxy) is 3. The van der Waals surface area contributed by atoms with Crippen molar-refractivity contribution in [2.24, 2.45) is 0 Å². The van der Waals surface area contributed by atoms with Gasteiger partial charge in [0, 0.05) is 26.2 Å². The molecule has 0 saturated carbocycles. The van der Waals surface area contributed by atoms with E-state index >= 15 is 0 Å². The number of hydrogen-bond donors (Lipinski definition) is 2. The number of fused-ring (bicyclic) bond motifs is 1. The van der Waals surface area contributed by atoms with Gasteiger partial charge in [-0.05, 0) is 17.5 Å². The van der Waals surface area contributed by atoms with Crippen molar-refractivity contribution in [3.8, 4) is 12.0 Å². The quantitative estimate of drug-likeness (QED) is 0.256. The monoisotopic (exact) mass is 486 g/mol. The van der Waals surface area contributed by atoms with Gasteiger partial charge in [-0.3, -0.25) is 14.3 Å². The SMILES string of the molecule is CCCCOc1nc(N)c2nc(OC)n(CCN(CCO)Cc3cccc(CC(=O)OC)c3)c2n1. The molecule has 0 radical (unpaired) electrons. The number of rotatable bonds is 14. The molecular weight excluding hydrogens is 452 g/mol. The number of anilines is 1. The number of benzene rings is 1. The lowest BCUT2D eigenvalue weighted by Gasteiger charge is -2.22. The highest BCUT2D eigenvalue weighted by molar-refractivity contribution is 5.83. The molecule has 0 bridgehead atoms. The maximum absolute atomic E-state index is 11.6. The summed E-state index contributed by atoms with van der Waals surface area (Å²) >= 11 is 0. The number of methoxy groups -OCH3 is 2. The molecule has 0 fully saturated rings. The van der Waals surface area contributed by atoms with Crippen molar-refractivity contribution in [2.45, 2.75) is 39.3 Å². The van der Waals surface area contributed by atoms with Gasteiger partial charge in [-0.2, -0.15) is 15.0 Å². The Labute approximate surface area is 204 Å². The highest BCUT2D eigenvalue weighted by Gasteiger charge is 2.19. The summed E-state index contributed by atoms with van der Waals surface area (Å²) in [4.78, 5) is 26.9. The van der Waals surface area contributed by atoms with Crippen molar-refractivity contribution in [3.63, 3.8) is 0 Å². The van der Waals surface area contributed by atoms with Crippen LogP contribution in [0.25, 0.3) is 11.2 Å². The van der Waals surface area contributed by atoms with Crippen molar-refractivity contribution in [3.05, 3.63) is 35.4 Å². The number of unbranched alkanes of at least 4 members (excludes halogenated alkanes) is 1. The number of nitrogens with zero attached hydrogens (tertiary/aromatic N) is 5. The molecule has 0 unspecified atom stereocenters. The van der Waals surface area contributed by atoms with Gasteiger partial charge in [0.15, 0.2) is 17.0 Å². The second-order valence-electron chi connectivity index (χ2n) is 8.09. The summed E-state index contributed by atoms with van der Waals surface area (Å²) in [5, 5.41) is 9.63. The van der Waals surface area contributed by atoms with Gasteiger partial charge >= 0.3 is 12.0 Å². The minimum absolute atomic E-state index is 0.00813. The molecule has 3 aromatic rings. The van der Waals surface area contributed by atoms with Crippen LogP contribution in [0.5, 0.6) is 12.0 Å². The van der Waals surface area contributed by atoms with Crippen molar-refractivity contribution < 1.29 is 24.1 Å². The van der Waals surface area contributed by atoms with Crippen molar-refractivity contribution in [1.29, 1.82) is 0 Å². The highest BCUT2D eigenvalue weighted by Crippen LogP contribution is 2.25. The van der Waals surface area contributed by atoms with Gasteiger partial charge in [-0.15, -0.1) is 0 Å². The number of carbonyl (C=O) groups excluding carboxylic acids is 1. The lowest BCUT2D eigenvalue weighted by molar-refractivity contribution is -0.139. The fourth-order valence-corrected chi connectivity index (χ4v) is 3.70. The van der Waals surface area contributed by atoms with E-state index in [1.807, 2.05) is 28.8 Å². The Morgan fingerprint density at radius 3 is 2.69 bits per heavy atom. The molecule has 2 aromatic heterocycles. The van der Waals surface area contributed by atoms with Gasteiger partial charge in [0.2, 0.25) is 0 Å². The molecule has 11 heteroatoms. The van der Waals surface area contributed by atoms with Crippen LogP contribution < -0.4 is 15.2 Å². The molecule has 0 saturated heterocycles. The van der Waals surface area contributed by atoms with E-state index in [0.717, 1.165) is 24.0 Å². The Balaban J connectivity index is 1.78. The zero-order valence-electron chi connectivity index (χ0n) is 20.6. The average molecular weight is 487 g/mol. The molecular formula is C24H34N6O5. The topological polar surface area (TPSA) is 138 Å². The summed E-state index contributed by atoms with van der Waals surface area (Å²) in [6.45, 7) is 4.73. The largest absolute Gasteiger partial charge is 0.469 e. The normalized spacial score (nSPS) is 11.2. The fourth-order valence-electron chi connectivity index (χ4n) is 3.70. The zero-order chi connectivity index (χ0) is 25.2. The number of aliphatic hydroxyl groups excluding tert-OH is 1. The Bertz CT molecular complexity index is 1120. The smallest absolute Gasteiger partial charge is 0.320 e. The first kappa shape index (κ1) is 26.2. The number of imidazole rings is 1. The first-order valence-corrected chi connectivity index (χ1v) is 11.7. The third-order valence-electron chi connectivity index (χ3n) is 5.51. The van der Waals surface area contributed by atoms with Crippen LogP contribution in [0.4, 0.5) is 5.82 Å². The predicted molar refractivity (Wildman–Crippen MR) is 131 cm³/mol. The molecule has 0 spiro atoms. The van der Waals surface area contributed by atoms with E-state index in [2.05, 4.69) is 26.8 Å². The van der Waals surface area contributed by atoms with E-state index in [4.69, 9.17) is 19.9 Å². The summed E-state index contributed by atoms with van der Waals surface area (Å²) in [7, 11) is 2.92. The molecule has 2 heterocycles. The van der Waals surface area contributed by atoms with E-state index in [1.54, 1.807) is 0 Å². The number of carbonyl (C=O) groups is 1. The molecule has 3 N–H and O–H groups in total. The first-order chi connectivity index (χ1) is 17.0. The average Bonchev–Trinajstić information content (AvgIpc) is 3.21. The lowest BCUT2D eigenvalue weighted by Crippen LogP contribution is -2.30. The number of esters is 1. The summed E-state index contributed by atoms with van der Waals surface area (Å²) in [5.74, 6) is -0.0547. The minimum atomic E-state index is -0.284. The lowest BCUT2D eigenvalue weighted by atomic mass is 10.1. The molecule has 190 valence electrons. The molecule has 1 aromatic carbocycles. The Kier molecular flexibility index (Phi) is 9.62. The van der Waals surface area contributed by atoms with E-state index in [9.17, 15) is 9.90 Å². The molecule has 0 aliphatic rings. The zero-order valence-corrected chi connectivity index (χ0v) is 20.6. The van der Waals surface area contributed by atoms with Crippen LogP contribution in [0.2, 0.25) is 0 Å². The van der Waals surface area contributed by atoms with Gasteiger partial charge in [-0.25, -0.2) is 0 Å². The van der Waals surface area contributed by atoms with Gasteiger partial charge in [0.1, 0.15) is 0 Å². The minimum Gasteiger partial charge on any atom is -0.469 e. The number of nitrogen functional groups attached to an aromatic ring is 1. The van der Waals surface area contributed by atoms with Crippen LogP contribution in [0.3, 0.4) is 0 Å². The van der Waals surface area contributed by atoms with Crippen LogP contribution >= 0.6 is 0 Å². The number of aliphatic hydroxyl groups is 1. The Morgan fingerprint density at radius 2 is 1.97 bits per heavy atom. The Hall–Kier alpha value is -3.44. The van der Waals surface area contributed by atoms with E-state index in [-0.39, 0.29) is 30.8 Å². The van der Waals surface area contributed by atoms with E-state index < -0.39 is 0 Å². The van der Waals surface area contributed by atoms with Gasteiger partial charge in [-0.1, -0.05) is 37.6 Å². The summed E-state index contributed by atoms with van der Waals surface area (Å²) in [5.41, 5.74) is 9.02. The molecule has 0 amide bonds. The third-order valence-corrected chi connectivity index (χ3v) is 5.51. The molecule has 11 nitrogen and oxygen atoms in total. The van der Waals surface area contributed by atoms with Crippen molar-refractivity contribution in [1.82, 2.24) is 24.4 Å². The molecule has 0 aliphatic heterocycles. The second-order valence-corrected chi connectivity index (χ2v) is 8.09. The molecule has 0 aliphatic carbocycles. The first-order valence-electron chi connectivity index (χ1n) is 11.7. The molecule has 3 rings (SSSR count). The fraction of sp³-hybridized carbons (Fsp3) is 0.500. The molecule has 0 atom stereocenters. The van der Waals surface area contributed by atoms with Crippen LogP contribution in [0.15, 0.2) is 24.3 Å². The van der Waals surface area contributed by atoms with Gasteiger partial charge in [0.25, 0.3) is 6.01 Å². The maximum atomic E-state index is 11.6. The number of hydrogen-bond acceptors (Lipinski definition) is 10. The molecule has 35 heavy (non-hydrogen) atoms. The predicted octanol–water partition coefficient (Wildman–Crippen LogP) is 1.81. The standard InChI is InChI=1S/C24H34N6O5/c1-4-5-13-35-23-27-21(25)20-22(28-23)30(24(26-20)34-3)10-9-29(11-12-31)16-18-8-6-7-17(14-18)15-19(32)33-2/h6-8,14,31H,4-5,9-13,15-16H2,1-3H3,(H2,25,27,28). The van der Waals surface area contributed by atoms with Gasteiger partial charge < -0.3 is 25.1 Å². The Morgan fingerprint density at radius 1 is 1.17 bits per heavy atom. The highest BCUT2D eigenvalue weighted by atomic mass is 16.5. The number of aromatic nitrogens is 4. The van der Waals surface area contributed by atoms with Crippen LogP contribution in [-0.2, 0) is 29.0 Å². The number of nitrogens with two attached hydrogens (primary N) is 1. The third kappa shape index (κ3) is 7.03. The van der Waals surface area contributed by atoms with Crippen molar-refractivity contribution >= 4 is 23.0 Å². The van der Waals surface area contributed by atoms with E-state index in [1.165, 1.54) is 14.2 Å².